The van der Waals surface area contributed by atoms with Gasteiger partial charge in [0, 0.05) is 50.1 Å². The van der Waals surface area contributed by atoms with E-state index in [-0.39, 0.29) is 18.3 Å². The summed E-state index contributed by atoms with van der Waals surface area (Å²) < 4.78 is 23.7. The van der Waals surface area contributed by atoms with Crippen LogP contribution in [0.1, 0.15) is 60.9 Å². The van der Waals surface area contributed by atoms with Crippen LogP contribution in [0.25, 0.3) is 0 Å². The third-order valence-corrected chi connectivity index (χ3v) is 7.85. The average molecular weight is 510 g/mol. The Labute approximate surface area is 218 Å². The molecule has 8 heteroatoms. The SMILES string of the molecule is CCCCOC(=O)OCN1CCN2c3c(cccc31)[C@@H]1CN(CCCC(=O)c3ccc(F)cc3)CC[C@@H]12. The fourth-order valence-corrected chi connectivity index (χ4v) is 5.95. The van der Waals surface area contributed by atoms with Crippen LogP contribution in [0.4, 0.5) is 20.6 Å². The lowest BCUT2D eigenvalue weighted by molar-refractivity contribution is 0.0543. The lowest BCUT2D eigenvalue weighted by Gasteiger charge is -2.42. The van der Waals surface area contributed by atoms with Crippen molar-refractivity contribution in [1.82, 2.24) is 4.90 Å². The minimum Gasteiger partial charge on any atom is -0.434 e. The summed E-state index contributed by atoms with van der Waals surface area (Å²) in [5.41, 5.74) is 4.34. The van der Waals surface area contributed by atoms with E-state index >= 15 is 0 Å². The minimum atomic E-state index is -0.606. The van der Waals surface area contributed by atoms with Crippen LogP contribution in [0.15, 0.2) is 42.5 Å². The van der Waals surface area contributed by atoms with Gasteiger partial charge in [-0.25, -0.2) is 9.18 Å². The number of carbonyl (C=O) groups is 2. The summed E-state index contributed by atoms with van der Waals surface area (Å²) >= 11 is 0. The smallest absolute Gasteiger partial charge is 0.434 e. The van der Waals surface area contributed by atoms with Crippen molar-refractivity contribution < 1.29 is 23.5 Å². The molecule has 37 heavy (non-hydrogen) atoms. The van der Waals surface area contributed by atoms with Crippen molar-refractivity contribution in [1.29, 1.82) is 0 Å². The van der Waals surface area contributed by atoms with Crippen LogP contribution in [-0.4, -0.2) is 68.9 Å². The number of hydrogen-bond donors (Lipinski definition) is 0. The van der Waals surface area contributed by atoms with Crippen LogP contribution in [0.5, 0.6) is 0 Å². The van der Waals surface area contributed by atoms with Crippen LogP contribution in [0, 0.1) is 5.82 Å². The number of anilines is 2. The number of Topliss-reactive ketones (excluding diaryl/α,β-unsaturated/α-hetero) is 1. The van der Waals surface area contributed by atoms with Crippen molar-refractivity contribution in [2.45, 2.75) is 51.0 Å². The molecule has 0 amide bonds. The molecule has 1 saturated heterocycles. The zero-order chi connectivity index (χ0) is 25.8. The largest absolute Gasteiger partial charge is 0.510 e. The third kappa shape index (κ3) is 5.59. The van der Waals surface area contributed by atoms with Crippen molar-refractivity contribution in [2.75, 3.05) is 55.9 Å². The topological polar surface area (TPSA) is 62.3 Å². The number of fused-ring (bicyclic) bond motifs is 3. The van der Waals surface area contributed by atoms with Gasteiger partial charge < -0.3 is 24.2 Å². The van der Waals surface area contributed by atoms with E-state index in [0.717, 1.165) is 64.1 Å². The highest BCUT2D eigenvalue weighted by Gasteiger charge is 2.44. The summed E-state index contributed by atoms with van der Waals surface area (Å²) in [6.45, 7) is 7.22. The number of ketones is 1. The van der Waals surface area contributed by atoms with Crippen LogP contribution in [0.3, 0.4) is 0 Å². The number of carbonyl (C=O) groups excluding carboxylic acids is 2. The fraction of sp³-hybridized carbons (Fsp3) is 0.517. The predicted molar refractivity (Wildman–Crippen MR) is 141 cm³/mol. The van der Waals surface area contributed by atoms with E-state index in [1.807, 2.05) is 0 Å². The van der Waals surface area contributed by atoms with Gasteiger partial charge in [-0.1, -0.05) is 25.5 Å². The van der Waals surface area contributed by atoms with E-state index in [2.05, 4.69) is 39.8 Å². The summed E-state index contributed by atoms with van der Waals surface area (Å²) in [5.74, 6) is 0.175. The molecule has 0 N–H and O–H groups in total. The van der Waals surface area contributed by atoms with Gasteiger partial charge in [0.15, 0.2) is 12.5 Å². The van der Waals surface area contributed by atoms with Gasteiger partial charge in [-0.05, 0) is 61.7 Å². The molecule has 7 nitrogen and oxygen atoms in total. The Morgan fingerprint density at radius 2 is 1.86 bits per heavy atom. The molecule has 198 valence electrons. The second-order valence-corrected chi connectivity index (χ2v) is 10.2. The van der Waals surface area contributed by atoms with Gasteiger partial charge in [0.05, 0.1) is 18.0 Å². The van der Waals surface area contributed by atoms with Crippen molar-refractivity contribution in [2.24, 2.45) is 0 Å². The molecule has 3 aliphatic rings. The molecule has 2 aromatic rings. The van der Waals surface area contributed by atoms with Gasteiger partial charge in [0.2, 0.25) is 0 Å². The maximum absolute atomic E-state index is 13.1. The second kappa shape index (κ2) is 11.5. The Bertz CT molecular complexity index is 1110. The quantitative estimate of drug-likeness (QED) is 0.248. The number of para-hydroxylation sites is 1. The highest BCUT2D eigenvalue weighted by molar-refractivity contribution is 5.96. The first-order chi connectivity index (χ1) is 18.0. The molecular weight excluding hydrogens is 473 g/mol. The molecular formula is C29H36FN3O4. The number of halogens is 1. The number of piperidine rings is 1. The van der Waals surface area contributed by atoms with E-state index in [0.29, 0.717) is 30.6 Å². The van der Waals surface area contributed by atoms with Crippen molar-refractivity contribution in [3.8, 4) is 0 Å². The summed E-state index contributed by atoms with van der Waals surface area (Å²) in [7, 11) is 0. The Kier molecular flexibility index (Phi) is 7.93. The number of unbranched alkanes of at least 4 members (excludes halogenated alkanes) is 1. The van der Waals surface area contributed by atoms with E-state index in [9.17, 15) is 14.0 Å². The normalized spacial score (nSPS) is 20.4. The van der Waals surface area contributed by atoms with Gasteiger partial charge in [-0.3, -0.25) is 4.79 Å². The van der Waals surface area contributed by atoms with Crippen LogP contribution >= 0.6 is 0 Å². The molecule has 0 radical (unpaired) electrons. The van der Waals surface area contributed by atoms with Gasteiger partial charge in [0.25, 0.3) is 0 Å². The zero-order valence-electron chi connectivity index (χ0n) is 21.5. The maximum Gasteiger partial charge on any atom is 0.510 e. The molecule has 0 unspecified atom stereocenters. The van der Waals surface area contributed by atoms with Crippen LogP contribution < -0.4 is 9.80 Å². The molecule has 2 aromatic carbocycles. The van der Waals surface area contributed by atoms with E-state index < -0.39 is 6.16 Å². The molecule has 0 aromatic heterocycles. The zero-order valence-corrected chi connectivity index (χ0v) is 21.5. The monoisotopic (exact) mass is 509 g/mol. The highest BCUT2D eigenvalue weighted by atomic mass is 19.1. The lowest BCUT2D eigenvalue weighted by atomic mass is 9.89. The first-order valence-corrected chi connectivity index (χ1v) is 13.5. The minimum absolute atomic E-state index is 0.0689. The maximum atomic E-state index is 13.1. The number of likely N-dealkylation sites (tertiary alicyclic amines) is 1. The molecule has 3 heterocycles. The molecule has 2 atom stereocenters. The van der Waals surface area contributed by atoms with E-state index in [1.165, 1.54) is 23.4 Å². The summed E-state index contributed by atoms with van der Waals surface area (Å²) in [5, 5.41) is 0. The molecule has 3 aliphatic heterocycles. The van der Waals surface area contributed by atoms with Gasteiger partial charge in [-0.2, -0.15) is 0 Å². The molecule has 5 rings (SSSR count). The Morgan fingerprint density at radius 3 is 2.68 bits per heavy atom. The van der Waals surface area contributed by atoms with E-state index in [1.54, 1.807) is 12.1 Å². The average Bonchev–Trinajstić information content (AvgIpc) is 3.23. The third-order valence-electron chi connectivity index (χ3n) is 7.85. The number of rotatable bonds is 10. The summed E-state index contributed by atoms with van der Waals surface area (Å²) in [4.78, 5) is 31.6. The van der Waals surface area contributed by atoms with Crippen molar-refractivity contribution in [3.05, 3.63) is 59.4 Å². The van der Waals surface area contributed by atoms with Crippen LogP contribution in [-0.2, 0) is 9.47 Å². The Hall–Kier alpha value is -3.13. The number of nitrogens with zero attached hydrogens (tertiary/aromatic N) is 3. The van der Waals surface area contributed by atoms with Gasteiger partial charge in [0.1, 0.15) is 5.82 Å². The van der Waals surface area contributed by atoms with Crippen molar-refractivity contribution >= 4 is 23.3 Å². The highest BCUT2D eigenvalue weighted by Crippen LogP contribution is 2.50. The molecule has 1 fully saturated rings. The molecule has 0 aliphatic carbocycles. The number of hydrogen-bond acceptors (Lipinski definition) is 7. The Morgan fingerprint density at radius 1 is 1.03 bits per heavy atom. The standard InChI is InChI=1S/C29H36FN3O4/c1-2-3-18-36-29(35)37-20-32-16-17-33-25-13-15-31(19-24(25)23-6-4-7-26(32)28(23)33)14-5-8-27(34)21-9-11-22(30)12-10-21/h4,6-7,9-12,24-25H,2-3,5,8,13-20H2,1H3/t24-,25-/m0/s1. The van der Waals surface area contributed by atoms with Crippen molar-refractivity contribution in [3.63, 3.8) is 0 Å². The molecule has 0 bridgehead atoms. The number of ether oxygens (including phenoxy) is 2. The molecule has 0 saturated carbocycles. The lowest BCUT2D eigenvalue weighted by Crippen LogP contribution is -2.50. The number of benzene rings is 2. The van der Waals surface area contributed by atoms with Crippen LogP contribution in [0.2, 0.25) is 0 Å². The van der Waals surface area contributed by atoms with Gasteiger partial charge >= 0.3 is 6.16 Å². The summed E-state index contributed by atoms with van der Waals surface area (Å²) in [6.07, 6.45) is 3.56. The summed E-state index contributed by atoms with van der Waals surface area (Å²) in [6, 6.07) is 12.8. The molecule has 0 spiro atoms. The predicted octanol–water partition coefficient (Wildman–Crippen LogP) is 5.20. The Balaban J connectivity index is 1.18. The fourth-order valence-electron chi connectivity index (χ4n) is 5.95. The van der Waals surface area contributed by atoms with E-state index in [4.69, 9.17) is 9.47 Å². The first kappa shape index (κ1) is 25.5. The second-order valence-electron chi connectivity index (χ2n) is 10.2. The van der Waals surface area contributed by atoms with Gasteiger partial charge in [-0.15, -0.1) is 0 Å². The first-order valence-electron chi connectivity index (χ1n) is 13.5.